The van der Waals surface area contributed by atoms with E-state index in [9.17, 15) is 68.4 Å². The summed E-state index contributed by atoms with van der Waals surface area (Å²) >= 11 is 0. The number of nitrogens with two attached hydrogens (primary N) is 3. The van der Waals surface area contributed by atoms with Gasteiger partial charge in [0, 0.05) is 19.6 Å². The Morgan fingerprint density at radius 2 is 1.22 bits per heavy atom. The predicted octanol–water partition coefficient (Wildman–Crippen LogP) is -3.57. The molecule has 0 aliphatic carbocycles. The zero-order valence-corrected chi connectivity index (χ0v) is 35.4. The minimum absolute atomic E-state index is 0.00204. The molecular weight excluding hydrogens is 842 g/mol. The number of carbonyl (C=O) groups excluding carboxylic acids is 8. The topological polar surface area (TPSA) is 375 Å². The Hall–Kier alpha value is -6.20. The van der Waals surface area contributed by atoms with Gasteiger partial charge in [-0.3, -0.25) is 43.2 Å². The van der Waals surface area contributed by atoms with Crippen LogP contribution in [0.4, 0.5) is 0 Å². The quantitative estimate of drug-likeness (QED) is 0.0375. The SMILES string of the molecule is NCCCC[C@H](C(=O)[C@H](CO)NC(=O)[C@@H]1CCCN1C(=O)[C@@H](N)Cc1ccc(O)cc1)C(=O)N1CCC[C@H]1C(=O)N[C@@H](CC(=O)O)C(=O)N[C@@H](CC(N)=O)C(=O)N1CCC[C@H]1C(=O)O. The lowest BCUT2D eigenvalue weighted by Crippen LogP contribution is -2.59. The fourth-order valence-electron chi connectivity index (χ4n) is 8.40. The Bertz CT molecular complexity index is 1920. The van der Waals surface area contributed by atoms with Crippen molar-refractivity contribution in [3.05, 3.63) is 29.8 Å². The van der Waals surface area contributed by atoms with Gasteiger partial charge in [0.15, 0.2) is 5.78 Å². The molecule has 3 saturated heterocycles. The van der Waals surface area contributed by atoms with E-state index in [0.29, 0.717) is 24.8 Å². The zero-order chi connectivity index (χ0) is 47.2. The monoisotopic (exact) mass is 901 g/mol. The number of aliphatic hydroxyl groups is 1. The lowest BCUT2D eigenvalue weighted by atomic mass is 9.90. The molecule has 64 heavy (non-hydrogen) atoms. The maximum absolute atomic E-state index is 14.3. The standard InChI is InChI=1S/C41H59N9O14/c42-14-2-1-6-24(34(56)28(21-51)47-37(59)30-8-4-16-49(30)39(61)25(43)18-22-10-12-23(52)13-11-22)38(60)48-15-3-7-29(48)36(58)45-26(20-33(54)55)35(57)46-27(19-32(44)53)40(62)50-17-5-9-31(50)41(63)64/h10-13,24-31,51-52H,1-9,14-21,42-43H2,(H2,44,53)(H,45,58)(H,46,57)(H,47,59)(H,54,55)(H,63,64)/t24-,25+,26+,27+,28+,29+,30+,31+/m1/s1. The molecule has 7 amide bonds. The van der Waals surface area contributed by atoms with Gasteiger partial charge < -0.3 is 68.3 Å². The highest BCUT2D eigenvalue weighted by Crippen LogP contribution is 2.26. The average Bonchev–Trinajstić information content (AvgIpc) is 4.05. The first-order chi connectivity index (χ1) is 30.4. The maximum atomic E-state index is 14.3. The van der Waals surface area contributed by atoms with Crippen molar-refractivity contribution >= 4 is 59.1 Å². The van der Waals surface area contributed by atoms with Gasteiger partial charge >= 0.3 is 11.9 Å². The fourth-order valence-corrected chi connectivity index (χ4v) is 8.40. The second-order valence-corrected chi connectivity index (χ2v) is 16.3. The van der Waals surface area contributed by atoms with Crippen LogP contribution in [0.5, 0.6) is 5.75 Å². The van der Waals surface area contributed by atoms with Gasteiger partial charge in [-0.15, -0.1) is 0 Å². The van der Waals surface area contributed by atoms with E-state index in [4.69, 9.17) is 17.2 Å². The van der Waals surface area contributed by atoms with Gasteiger partial charge in [-0.1, -0.05) is 18.6 Å². The Morgan fingerprint density at radius 1 is 0.688 bits per heavy atom. The summed E-state index contributed by atoms with van der Waals surface area (Å²) in [5.74, 6) is -11.5. The van der Waals surface area contributed by atoms with Crippen molar-refractivity contribution in [3.63, 3.8) is 0 Å². The number of carboxylic acids is 2. The van der Waals surface area contributed by atoms with Crippen molar-refractivity contribution in [2.75, 3.05) is 32.8 Å². The number of carbonyl (C=O) groups is 10. The lowest BCUT2D eigenvalue weighted by Gasteiger charge is -2.31. The second-order valence-electron chi connectivity index (χ2n) is 16.3. The van der Waals surface area contributed by atoms with E-state index in [1.54, 1.807) is 12.1 Å². The van der Waals surface area contributed by atoms with Crippen LogP contribution in [0, 0.1) is 5.92 Å². The summed E-state index contributed by atoms with van der Waals surface area (Å²) in [4.78, 5) is 135. The number of rotatable bonds is 23. The van der Waals surface area contributed by atoms with Gasteiger partial charge in [0.1, 0.15) is 42.0 Å². The van der Waals surface area contributed by atoms with Crippen molar-refractivity contribution in [3.8, 4) is 5.75 Å². The molecule has 0 unspecified atom stereocenters. The minimum Gasteiger partial charge on any atom is -0.508 e. The second kappa shape index (κ2) is 23.5. The van der Waals surface area contributed by atoms with Crippen LogP contribution in [0.2, 0.25) is 0 Å². The van der Waals surface area contributed by atoms with Gasteiger partial charge in [0.05, 0.1) is 31.4 Å². The Kier molecular flexibility index (Phi) is 18.5. The highest BCUT2D eigenvalue weighted by Gasteiger charge is 2.44. The third-order valence-corrected chi connectivity index (χ3v) is 11.7. The lowest BCUT2D eigenvalue weighted by molar-refractivity contribution is -0.150. The molecule has 1 aromatic rings. The zero-order valence-electron chi connectivity index (χ0n) is 35.4. The normalized spacial score (nSPS) is 20.7. The van der Waals surface area contributed by atoms with Crippen LogP contribution in [0.15, 0.2) is 24.3 Å². The van der Waals surface area contributed by atoms with Crippen molar-refractivity contribution in [2.24, 2.45) is 23.1 Å². The molecule has 0 radical (unpaired) electrons. The number of unbranched alkanes of at least 4 members (excludes halogenated alkanes) is 1. The molecular formula is C41H59N9O14. The Morgan fingerprint density at radius 3 is 1.73 bits per heavy atom. The number of hydrogen-bond acceptors (Lipinski definition) is 14. The summed E-state index contributed by atoms with van der Waals surface area (Å²) in [6.45, 7) is -0.550. The summed E-state index contributed by atoms with van der Waals surface area (Å²) in [6.07, 6.45) is 0.278. The predicted molar refractivity (Wildman–Crippen MR) is 222 cm³/mol. The number of carboxylic acid groups (broad SMARTS) is 2. The number of Topliss-reactive ketones (excluding diaryl/α,β-unsaturated/α-hetero) is 1. The molecule has 3 aliphatic rings. The maximum Gasteiger partial charge on any atom is 0.326 e. The van der Waals surface area contributed by atoms with E-state index in [2.05, 4.69) is 16.0 Å². The van der Waals surface area contributed by atoms with Crippen LogP contribution in [-0.2, 0) is 54.4 Å². The number of phenolic OH excluding ortho intramolecular Hbond substituents is 1. The number of benzene rings is 1. The molecule has 352 valence electrons. The summed E-state index contributed by atoms with van der Waals surface area (Å²) in [5.41, 5.74) is 17.9. The molecule has 23 nitrogen and oxygen atoms in total. The number of phenols is 1. The molecule has 3 fully saturated rings. The van der Waals surface area contributed by atoms with Crippen LogP contribution in [0.1, 0.15) is 76.2 Å². The number of hydrogen-bond donors (Lipinski definition) is 10. The number of ketones is 1. The molecule has 3 aliphatic heterocycles. The molecule has 3 heterocycles. The first-order valence-electron chi connectivity index (χ1n) is 21.3. The molecule has 23 heteroatoms. The van der Waals surface area contributed by atoms with Crippen LogP contribution < -0.4 is 33.2 Å². The van der Waals surface area contributed by atoms with Gasteiger partial charge in [-0.25, -0.2) is 4.79 Å². The summed E-state index contributed by atoms with van der Waals surface area (Å²) < 4.78 is 0. The van der Waals surface area contributed by atoms with Gasteiger partial charge in [0.25, 0.3) is 0 Å². The fraction of sp³-hybridized carbons (Fsp3) is 0.610. The molecule has 13 N–H and O–H groups in total. The number of aromatic hydroxyl groups is 1. The molecule has 4 rings (SSSR count). The molecule has 8 atom stereocenters. The van der Waals surface area contributed by atoms with Crippen molar-refractivity contribution in [1.82, 2.24) is 30.7 Å². The summed E-state index contributed by atoms with van der Waals surface area (Å²) in [7, 11) is 0. The molecule has 1 aromatic carbocycles. The minimum atomic E-state index is -1.86. The summed E-state index contributed by atoms with van der Waals surface area (Å²) in [5, 5.41) is 46.2. The van der Waals surface area contributed by atoms with Crippen molar-refractivity contribution in [2.45, 2.75) is 119 Å². The number of amides is 7. The number of likely N-dealkylation sites (tertiary alicyclic amines) is 3. The van der Waals surface area contributed by atoms with Crippen LogP contribution in [0.25, 0.3) is 0 Å². The first kappa shape index (κ1) is 50.4. The highest BCUT2D eigenvalue weighted by atomic mass is 16.4. The van der Waals surface area contributed by atoms with Crippen molar-refractivity contribution in [1.29, 1.82) is 0 Å². The largest absolute Gasteiger partial charge is 0.508 e. The smallest absolute Gasteiger partial charge is 0.326 e. The van der Waals surface area contributed by atoms with Crippen LogP contribution in [0.3, 0.4) is 0 Å². The van der Waals surface area contributed by atoms with Gasteiger partial charge in [-0.2, -0.15) is 0 Å². The molecule has 0 saturated carbocycles. The van der Waals surface area contributed by atoms with E-state index in [0.717, 1.165) is 9.80 Å². The number of aliphatic carboxylic acids is 2. The number of nitrogens with zero attached hydrogens (tertiary/aromatic N) is 3. The van der Waals surface area contributed by atoms with E-state index in [1.165, 1.54) is 17.0 Å². The Balaban J connectivity index is 1.48. The molecule has 0 spiro atoms. The third kappa shape index (κ3) is 13.2. The van der Waals surface area contributed by atoms with E-state index in [-0.39, 0.29) is 76.9 Å². The number of aliphatic hydroxyl groups excluding tert-OH is 1. The van der Waals surface area contributed by atoms with E-state index in [1.807, 2.05) is 0 Å². The van der Waals surface area contributed by atoms with E-state index < -0.39 is 127 Å². The molecule has 0 bridgehead atoms. The first-order valence-corrected chi connectivity index (χ1v) is 21.3. The van der Waals surface area contributed by atoms with E-state index >= 15 is 0 Å². The van der Waals surface area contributed by atoms with Gasteiger partial charge in [-0.05, 0) is 82.0 Å². The number of nitrogens with one attached hydrogen (secondary N) is 3. The van der Waals surface area contributed by atoms with Gasteiger partial charge in [0.2, 0.25) is 41.4 Å². The number of primary amides is 1. The van der Waals surface area contributed by atoms with Crippen LogP contribution in [-0.4, -0.2) is 169 Å². The summed E-state index contributed by atoms with van der Waals surface area (Å²) in [6, 6.07) is -3.69. The molecule has 0 aromatic heterocycles. The highest BCUT2D eigenvalue weighted by molar-refractivity contribution is 6.07. The average molecular weight is 902 g/mol. The Labute approximate surface area is 368 Å². The van der Waals surface area contributed by atoms with Crippen molar-refractivity contribution < 1.29 is 68.4 Å². The third-order valence-electron chi connectivity index (χ3n) is 11.7. The van der Waals surface area contributed by atoms with Crippen LogP contribution >= 0.6 is 0 Å².